The molecule has 0 aliphatic carbocycles. The second-order valence-corrected chi connectivity index (χ2v) is 2.96. The van der Waals surface area contributed by atoms with Crippen LogP contribution in [-0.2, 0) is 0 Å². The van der Waals surface area contributed by atoms with Crippen molar-refractivity contribution in [3.8, 4) is 17.2 Å². The average molecular weight is 210 g/mol. The molecule has 0 amide bonds. The lowest BCUT2D eigenvalue weighted by molar-refractivity contribution is 0.446. The van der Waals surface area contributed by atoms with Crippen LogP contribution in [0.4, 0.5) is 0 Å². The molecule has 0 aliphatic rings. The summed E-state index contributed by atoms with van der Waals surface area (Å²) in [6.45, 7) is 0. The van der Waals surface area contributed by atoms with Crippen LogP contribution in [0.1, 0.15) is 0 Å². The van der Waals surface area contributed by atoms with E-state index in [1.807, 2.05) is 0 Å². The van der Waals surface area contributed by atoms with Crippen molar-refractivity contribution in [2.24, 2.45) is 0 Å². The van der Waals surface area contributed by atoms with Gasteiger partial charge in [0.15, 0.2) is 0 Å². The number of benzene rings is 1. The molecule has 0 radical (unpaired) electrons. The third-order valence-corrected chi connectivity index (χ3v) is 1.92. The highest BCUT2D eigenvalue weighted by molar-refractivity contribution is 7.80. The largest absolute Gasteiger partial charge is 0.508 e. The molecular formula is C7H6N4O2S. The quantitative estimate of drug-likeness (QED) is 0.592. The third kappa shape index (κ3) is 1.37. The molecule has 0 atom stereocenters. The van der Waals surface area contributed by atoms with Crippen molar-refractivity contribution < 1.29 is 10.2 Å². The first-order valence-electron chi connectivity index (χ1n) is 3.68. The first-order valence-corrected chi connectivity index (χ1v) is 4.13. The van der Waals surface area contributed by atoms with Crippen LogP contribution in [0, 0.1) is 0 Å². The van der Waals surface area contributed by atoms with Gasteiger partial charge in [-0.1, -0.05) is 0 Å². The smallest absolute Gasteiger partial charge is 0.211 e. The van der Waals surface area contributed by atoms with E-state index < -0.39 is 0 Å². The molecular weight excluding hydrogens is 204 g/mol. The fraction of sp³-hybridized carbons (Fsp3) is 0. The second-order valence-electron chi connectivity index (χ2n) is 2.56. The van der Waals surface area contributed by atoms with E-state index in [1.165, 1.54) is 22.9 Å². The summed E-state index contributed by atoms with van der Waals surface area (Å²) in [6, 6.07) is 4.11. The highest BCUT2D eigenvalue weighted by atomic mass is 32.1. The number of thiol groups is 1. The van der Waals surface area contributed by atoms with Crippen molar-refractivity contribution in [3.63, 3.8) is 0 Å². The third-order valence-electron chi connectivity index (χ3n) is 1.64. The Morgan fingerprint density at radius 2 is 2.07 bits per heavy atom. The normalized spacial score (nSPS) is 10.4. The molecule has 2 rings (SSSR count). The lowest BCUT2D eigenvalue weighted by Gasteiger charge is -2.03. The molecule has 2 aromatic rings. The van der Waals surface area contributed by atoms with Crippen LogP contribution in [0.5, 0.6) is 11.5 Å². The van der Waals surface area contributed by atoms with E-state index in [0.29, 0.717) is 5.69 Å². The van der Waals surface area contributed by atoms with E-state index >= 15 is 0 Å². The van der Waals surface area contributed by atoms with E-state index in [0.717, 1.165) is 0 Å². The number of phenolic OH excluding ortho intramolecular Hbond substituents is 2. The SMILES string of the molecule is Oc1ccc(-n2nnnc2S)c(O)c1. The number of phenols is 2. The summed E-state index contributed by atoms with van der Waals surface area (Å²) >= 11 is 3.99. The van der Waals surface area contributed by atoms with E-state index in [2.05, 4.69) is 28.2 Å². The van der Waals surface area contributed by atoms with Crippen LogP contribution in [0.2, 0.25) is 0 Å². The number of hydrogen-bond donors (Lipinski definition) is 3. The fourth-order valence-electron chi connectivity index (χ4n) is 1.03. The van der Waals surface area contributed by atoms with Gasteiger partial charge in [0.2, 0.25) is 5.16 Å². The van der Waals surface area contributed by atoms with E-state index in [4.69, 9.17) is 5.11 Å². The Balaban J connectivity index is 2.58. The Morgan fingerprint density at radius 1 is 1.29 bits per heavy atom. The van der Waals surface area contributed by atoms with Gasteiger partial charge in [-0.15, -0.1) is 17.7 Å². The molecule has 1 heterocycles. The predicted octanol–water partition coefficient (Wildman–Crippen LogP) is 0.362. The molecule has 0 spiro atoms. The van der Waals surface area contributed by atoms with Crippen LogP contribution in [0.25, 0.3) is 5.69 Å². The molecule has 7 heteroatoms. The number of tetrazole rings is 1. The standard InChI is InChI=1S/C7H6N4O2S/c12-4-1-2-5(6(13)3-4)11-7(14)8-9-10-11/h1-3,12-13H,(H,8,10,14). The van der Waals surface area contributed by atoms with Gasteiger partial charge in [-0.2, -0.15) is 4.68 Å². The molecule has 0 saturated carbocycles. The van der Waals surface area contributed by atoms with E-state index in [9.17, 15) is 5.11 Å². The number of rotatable bonds is 1. The lowest BCUT2D eigenvalue weighted by Crippen LogP contribution is -1.97. The minimum absolute atomic E-state index is 0.0277. The number of aromatic nitrogens is 4. The van der Waals surface area contributed by atoms with Crippen LogP contribution in [-0.4, -0.2) is 30.4 Å². The van der Waals surface area contributed by atoms with Gasteiger partial charge in [0, 0.05) is 6.07 Å². The number of aromatic hydroxyl groups is 2. The number of hydrogen-bond acceptors (Lipinski definition) is 6. The first kappa shape index (κ1) is 8.82. The van der Waals surface area contributed by atoms with Gasteiger partial charge in [-0.3, -0.25) is 0 Å². The summed E-state index contributed by atoms with van der Waals surface area (Å²) in [5.41, 5.74) is 0.359. The Hall–Kier alpha value is -1.76. The van der Waals surface area contributed by atoms with Crippen molar-refractivity contribution in [1.29, 1.82) is 0 Å². The van der Waals surface area contributed by atoms with Gasteiger partial charge in [0.1, 0.15) is 17.2 Å². The van der Waals surface area contributed by atoms with Gasteiger partial charge >= 0.3 is 0 Å². The van der Waals surface area contributed by atoms with E-state index in [-0.39, 0.29) is 16.7 Å². The highest BCUT2D eigenvalue weighted by Crippen LogP contribution is 2.26. The summed E-state index contributed by atoms with van der Waals surface area (Å²) in [6.07, 6.45) is 0. The van der Waals surface area contributed by atoms with Crippen LogP contribution >= 0.6 is 12.6 Å². The zero-order chi connectivity index (χ0) is 10.1. The highest BCUT2D eigenvalue weighted by Gasteiger charge is 2.09. The molecule has 2 N–H and O–H groups in total. The van der Waals surface area contributed by atoms with Gasteiger partial charge in [-0.25, -0.2) is 0 Å². The van der Waals surface area contributed by atoms with Crippen molar-refractivity contribution >= 4 is 12.6 Å². The minimum atomic E-state index is -0.118. The molecule has 1 aromatic carbocycles. The second kappa shape index (κ2) is 3.18. The van der Waals surface area contributed by atoms with Crippen molar-refractivity contribution in [3.05, 3.63) is 18.2 Å². The summed E-state index contributed by atoms with van der Waals surface area (Å²) in [5.74, 6) is -0.146. The first-order chi connectivity index (χ1) is 6.68. The van der Waals surface area contributed by atoms with Gasteiger partial charge in [0.05, 0.1) is 0 Å². The summed E-state index contributed by atoms with van der Waals surface area (Å²) < 4.78 is 1.25. The molecule has 0 saturated heterocycles. The van der Waals surface area contributed by atoms with Crippen LogP contribution < -0.4 is 0 Å². The minimum Gasteiger partial charge on any atom is -0.508 e. The van der Waals surface area contributed by atoms with Gasteiger partial charge in [-0.05, 0) is 22.6 Å². The maximum absolute atomic E-state index is 9.48. The molecule has 0 fully saturated rings. The van der Waals surface area contributed by atoms with Gasteiger partial charge in [0.25, 0.3) is 0 Å². The topological polar surface area (TPSA) is 84.1 Å². The number of nitrogens with zero attached hydrogens (tertiary/aromatic N) is 4. The van der Waals surface area contributed by atoms with Gasteiger partial charge < -0.3 is 10.2 Å². The van der Waals surface area contributed by atoms with Crippen LogP contribution in [0.3, 0.4) is 0 Å². The van der Waals surface area contributed by atoms with Crippen molar-refractivity contribution in [2.45, 2.75) is 5.16 Å². The molecule has 72 valence electrons. The fourth-order valence-corrected chi connectivity index (χ4v) is 1.22. The molecule has 14 heavy (non-hydrogen) atoms. The molecule has 0 aliphatic heterocycles. The van der Waals surface area contributed by atoms with E-state index in [1.54, 1.807) is 0 Å². The zero-order valence-corrected chi connectivity index (χ0v) is 7.76. The van der Waals surface area contributed by atoms with Crippen molar-refractivity contribution in [2.75, 3.05) is 0 Å². The maximum atomic E-state index is 9.48. The Labute approximate surface area is 84.2 Å². The van der Waals surface area contributed by atoms with Crippen LogP contribution in [0.15, 0.2) is 23.4 Å². The zero-order valence-electron chi connectivity index (χ0n) is 6.86. The average Bonchev–Trinajstić information content (AvgIpc) is 2.52. The summed E-state index contributed by atoms with van der Waals surface area (Å²) in [7, 11) is 0. The Bertz CT molecular complexity index is 470. The van der Waals surface area contributed by atoms with Crippen molar-refractivity contribution in [1.82, 2.24) is 20.2 Å². The summed E-state index contributed by atoms with van der Waals surface area (Å²) in [5, 5.41) is 29.3. The molecule has 1 aromatic heterocycles. The summed E-state index contributed by atoms with van der Waals surface area (Å²) in [4.78, 5) is 0. The Morgan fingerprint density at radius 3 is 2.64 bits per heavy atom. The maximum Gasteiger partial charge on any atom is 0.211 e. The monoisotopic (exact) mass is 210 g/mol. The molecule has 6 nitrogen and oxygen atoms in total. The molecule has 0 bridgehead atoms. The predicted molar refractivity (Wildman–Crippen MR) is 49.7 cm³/mol. The Kier molecular flexibility index (Phi) is 2.01. The molecule has 0 unspecified atom stereocenters. The lowest BCUT2D eigenvalue weighted by atomic mass is 10.3.